The summed E-state index contributed by atoms with van der Waals surface area (Å²) in [5.74, 6) is -0.421. The lowest BCUT2D eigenvalue weighted by Crippen LogP contribution is -2.39. The van der Waals surface area contributed by atoms with Gasteiger partial charge in [0.15, 0.2) is 0 Å². The lowest BCUT2D eigenvalue weighted by Gasteiger charge is -2.19. The highest BCUT2D eigenvalue weighted by Crippen LogP contribution is 2.20. The Morgan fingerprint density at radius 3 is 2.63 bits per heavy atom. The molecule has 5 nitrogen and oxygen atoms in total. The highest BCUT2D eigenvalue weighted by atomic mass is 16.2. The second-order valence-corrected chi connectivity index (χ2v) is 4.54. The van der Waals surface area contributed by atoms with Crippen molar-refractivity contribution >= 4 is 11.8 Å². The smallest absolute Gasteiger partial charge is 0.246 e. The monoisotopic (exact) mass is 257 g/mol. The van der Waals surface area contributed by atoms with Gasteiger partial charge in [-0.2, -0.15) is 5.26 Å². The molecule has 1 heterocycles. The van der Waals surface area contributed by atoms with Gasteiger partial charge in [0.25, 0.3) is 0 Å². The summed E-state index contributed by atoms with van der Waals surface area (Å²) in [4.78, 5) is 24.4. The van der Waals surface area contributed by atoms with E-state index in [-0.39, 0.29) is 30.7 Å². The number of likely N-dealkylation sites (tertiary alicyclic amines) is 1. The molecule has 0 bridgehead atoms. The summed E-state index contributed by atoms with van der Waals surface area (Å²) in [5, 5.41) is 12.0. The number of nitrogens with zero attached hydrogens (tertiary/aromatic N) is 2. The molecule has 0 spiro atoms. The van der Waals surface area contributed by atoms with Crippen molar-refractivity contribution in [2.24, 2.45) is 0 Å². The minimum absolute atomic E-state index is 0.157. The van der Waals surface area contributed by atoms with E-state index in [1.54, 1.807) is 0 Å². The van der Waals surface area contributed by atoms with Gasteiger partial charge in [0.05, 0.1) is 25.0 Å². The standard InChI is InChI=1S/C14H15N3O2/c1-17-13(18)9-12(14(17)19)16-11(7-8-15)10-5-3-2-4-6-10/h2-6,11-12,16H,7,9H2,1H3. The number of carbonyl (C=O) groups is 2. The van der Waals surface area contributed by atoms with E-state index in [2.05, 4.69) is 11.4 Å². The first-order chi connectivity index (χ1) is 9.13. The number of rotatable bonds is 4. The molecule has 98 valence electrons. The maximum Gasteiger partial charge on any atom is 0.246 e. The lowest BCUT2D eigenvalue weighted by atomic mass is 10.0. The molecule has 2 amide bonds. The molecule has 19 heavy (non-hydrogen) atoms. The van der Waals surface area contributed by atoms with Crippen LogP contribution in [0.4, 0.5) is 0 Å². The third kappa shape index (κ3) is 2.80. The molecule has 2 atom stereocenters. The van der Waals surface area contributed by atoms with E-state index < -0.39 is 6.04 Å². The Bertz CT molecular complexity index is 521. The minimum atomic E-state index is -0.531. The molecule has 0 radical (unpaired) electrons. The molecule has 0 aromatic heterocycles. The molecule has 2 rings (SSSR count). The first-order valence-electron chi connectivity index (χ1n) is 6.12. The highest BCUT2D eigenvalue weighted by Gasteiger charge is 2.37. The van der Waals surface area contributed by atoms with Gasteiger partial charge in [-0.3, -0.25) is 19.8 Å². The van der Waals surface area contributed by atoms with Gasteiger partial charge in [0, 0.05) is 13.1 Å². The summed E-state index contributed by atoms with van der Waals surface area (Å²) < 4.78 is 0. The molecule has 1 aliphatic heterocycles. The average molecular weight is 257 g/mol. The molecule has 5 heteroatoms. The number of carbonyl (C=O) groups excluding carboxylic acids is 2. The summed E-state index contributed by atoms with van der Waals surface area (Å²) >= 11 is 0. The average Bonchev–Trinajstić information content (AvgIpc) is 2.67. The Morgan fingerprint density at radius 1 is 1.42 bits per heavy atom. The van der Waals surface area contributed by atoms with Gasteiger partial charge in [-0.05, 0) is 5.56 Å². The Morgan fingerprint density at radius 2 is 2.11 bits per heavy atom. The summed E-state index contributed by atoms with van der Waals surface area (Å²) in [6.07, 6.45) is 0.412. The third-order valence-corrected chi connectivity index (χ3v) is 3.28. The normalized spacial score (nSPS) is 20.4. The summed E-state index contributed by atoms with van der Waals surface area (Å²) in [5.41, 5.74) is 0.943. The predicted octanol–water partition coefficient (Wildman–Crippen LogP) is 0.988. The van der Waals surface area contributed by atoms with Gasteiger partial charge >= 0.3 is 0 Å². The van der Waals surface area contributed by atoms with E-state index in [1.165, 1.54) is 7.05 Å². The van der Waals surface area contributed by atoms with Gasteiger partial charge in [-0.1, -0.05) is 30.3 Å². The maximum atomic E-state index is 11.8. The first kappa shape index (κ1) is 13.2. The SMILES string of the molecule is CN1C(=O)CC(NC(CC#N)c2ccccc2)C1=O. The van der Waals surface area contributed by atoms with Crippen LogP contribution in [-0.2, 0) is 9.59 Å². The molecule has 1 aromatic carbocycles. The van der Waals surface area contributed by atoms with Crippen LogP contribution in [0.15, 0.2) is 30.3 Å². The van der Waals surface area contributed by atoms with Crippen molar-refractivity contribution in [3.63, 3.8) is 0 Å². The maximum absolute atomic E-state index is 11.8. The van der Waals surface area contributed by atoms with Crippen molar-refractivity contribution < 1.29 is 9.59 Å². The van der Waals surface area contributed by atoms with E-state index in [0.29, 0.717) is 0 Å². The fraction of sp³-hybridized carbons (Fsp3) is 0.357. The molecular weight excluding hydrogens is 242 g/mol. The van der Waals surface area contributed by atoms with Crippen molar-refractivity contribution in [3.05, 3.63) is 35.9 Å². The molecular formula is C14H15N3O2. The summed E-state index contributed by atoms with van der Waals surface area (Å²) in [6, 6.07) is 10.8. The first-order valence-corrected chi connectivity index (χ1v) is 6.12. The Kier molecular flexibility index (Phi) is 3.93. The summed E-state index contributed by atoms with van der Waals surface area (Å²) in [7, 11) is 1.48. The van der Waals surface area contributed by atoms with Crippen molar-refractivity contribution in [1.29, 1.82) is 5.26 Å². The fourth-order valence-corrected chi connectivity index (χ4v) is 2.18. The Labute approximate surface area is 111 Å². The number of nitriles is 1. The largest absolute Gasteiger partial charge is 0.298 e. The van der Waals surface area contributed by atoms with Crippen molar-refractivity contribution in [3.8, 4) is 6.07 Å². The fourth-order valence-electron chi connectivity index (χ4n) is 2.18. The van der Waals surface area contributed by atoms with Crippen LogP contribution in [-0.4, -0.2) is 29.8 Å². The van der Waals surface area contributed by atoms with Crippen LogP contribution in [0.2, 0.25) is 0 Å². The molecule has 1 aliphatic rings. The quantitative estimate of drug-likeness (QED) is 0.816. The van der Waals surface area contributed by atoms with Crippen molar-refractivity contribution in [2.75, 3.05) is 7.05 Å². The Hall–Kier alpha value is -2.19. The minimum Gasteiger partial charge on any atom is -0.298 e. The zero-order valence-electron chi connectivity index (χ0n) is 10.7. The molecule has 1 fully saturated rings. The lowest BCUT2D eigenvalue weighted by molar-refractivity contribution is -0.137. The molecule has 1 N–H and O–H groups in total. The van der Waals surface area contributed by atoms with Crippen LogP contribution in [0, 0.1) is 11.3 Å². The van der Waals surface area contributed by atoms with Crippen LogP contribution in [0.1, 0.15) is 24.4 Å². The van der Waals surface area contributed by atoms with Gasteiger partial charge in [0.2, 0.25) is 11.8 Å². The molecule has 0 saturated carbocycles. The molecule has 1 aromatic rings. The van der Waals surface area contributed by atoms with Crippen LogP contribution in [0.3, 0.4) is 0 Å². The number of amides is 2. The summed E-state index contributed by atoms with van der Waals surface area (Å²) in [6.45, 7) is 0. The number of nitrogens with one attached hydrogen (secondary N) is 1. The van der Waals surface area contributed by atoms with E-state index >= 15 is 0 Å². The molecule has 2 unspecified atom stereocenters. The van der Waals surface area contributed by atoms with Crippen molar-refractivity contribution in [1.82, 2.24) is 10.2 Å². The number of hydrogen-bond donors (Lipinski definition) is 1. The van der Waals surface area contributed by atoms with Crippen LogP contribution in [0.5, 0.6) is 0 Å². The predicted molar refractivity (Wildman–Crippen MR) is 68.7 cm³/mol. The van der Waals surface area contributed by atoms with E-state index in [1.807, 2.05) is 30.3 Å². The number of likely N-dealkylation sites (N-methyl/N-ethyl adjacent to an activating group) is 1. The third-order valence-electron chi connectivity index (χ3n) is 3.28. The van der Waals surface area contributed by atoms with Crippen LogP contribution < -0.4 is 5.32 Å². The van der Waals surface area contributed by atoms with Crippen LogP contribution in [0.25, 0.3) is 0 Å². The Balaban J connectivity index is 2.13. The van der Waals surface area contributed by atoms with Gasteiger partial charge in [-0.25, -0.2) is 0 Å². The van der Waals surface area contributed by atoms with E-state index in [4.69, 9.17) is 5.26 Å². The highest BCUT2D eigenvalue weighted by molar-refractivity contribution is 6.05. The van der Waals surface area contributed by atoms with Gasteiger partial charge in [0.1, 0.15) is 0 Å². The second kappa shape index (κ2) is 5.63. The van der Waals surface area contributed by atoms with Gasteiger partial charge < -0.3 is 0 Å². The van der Waals surface area contributed by atoms with Crippen LogP contribution >= 0.6 is 0 Å². The number of hydrogen-bond acceptors (Lipinski definition) is 4. The second-order valence-electron chi connectivity index (χ2n) is 4.54. The van der Waals surface area contributed by atoms with E-state index in [9.17, 15) is 9.59 Å². The number of benzene rings is 1. The van der Waals surface area contributed by atoms with E-state index in [0.717, 1.165) is 10.5 Å². The van der Waals surface area contributed by atoms with Gasteiger partial charge in [-0.15, -0.1) is 0 Å². The van der Waals surface area contributed by atoms with Crippen molar-refractivity contribution in [2.45, 2.75) is 24.9 Å². The molecule has 0 aliphatic carbocycles. The number of imide groups is 1. The molecule has 1 saturated heterocycles. The zero-order chi connectivity index (χ0) is 13.8. The topological polar surface area (TPSA) is 73.2 Å². The zero-order valence-corrected chi connectivity index (χ0v) is 10.7.